The summed E-state index contributed by atoms with van der Waals surface area (Å²) in [5.74, 6) is 1.30. The molecule has 1 saturated heterocycles. The maximum atomic E-state index is 9.92. The highest BCUT2D eigenvalue weighted by Gasteiger charge is 2.36. The van der Waals surface area contributed by atoms with Crippen molar-refractivity contribution in [3.05, 3.63) is 59.2 Å². The minimum Gasteiger partial charge on any atom is -0.490 e. The Morgan fingerprint density at radius 3 is 2.43 bits per heavy atom. The van der Waals surface area contributed by atoms with Gasteiger partial charge in [-0.05, 0) is 42.2 Å². The van der Waals surface area contributed by atoms with E-state index in [2.05, 4.69) is 59.6 Å². The van der Waals surface area contributed by atoms with E-state index >= 15 is 0 Å². The second-order valence-electron chi connectivity index (χ2n) is 11.6. The number of rotatable bonds is 17. The van der Waals surface area contributed by atoms with Crippen molar-refractivity contribution in [3.8, 4) is 5.75 Å². The van der Waals surface area contributed by atoms with E-state index in [-0.39, 0.29) is 24.7 Å². The number of piperidine rings is 1. The van der Waals surface area contributed by atoms with Crippen molar-refractivity contribution < 1.29 is 33.5 Å². The molecule has 4 rings (SSSR count). The van der Waals surface area contributed by atoms with Gasteiger partial charge in [-0.15, -0.1) is 0 Å². The molecule has 0 bridgehead atoms. The van der Waals surface area contributed by atoms with Crippen molar-refractivity contribution in [3.63, 3.8) is 0 Å². The molecule has 5 atom stereocenters. The molecule has 2 aliphatic heterocycles. The number of methoxy groups -OCH3 is 2. The predicted octanol–water partition coefficient (Wildman–Crippen LogP) is 3.76. The summed E-state index contributed by atoms with van der Waals surface area (Å²) in [4.78, 5) is 2.37. The summed E-state index contributed by atoms with van der Waals surface area (Å²) in [5.41, 5.74) is 4.51. The molecule has 9 heteroatoms. The molecular weight excluding hydrogens is 536 g/mol. The van der Waals surface area contributed by atoms with E-state index in [9.17, 15) is 5.11 Å². The Morgan fingerprint density at radius 2 is 1.69 bits per heavy atom. The highest BCUT2D eigenvalue weighted by Crippen LogP contribution is 2.34. The van der Waals surface area contributed by atoms with Crippen molar-refractivity contribution in [1.29, 1.82) is 0 Å². The van der Waals surface area contributed by atoms with E-state index in [1.807, 2.05) is 0 Å². The molecule has 2 aliphatic rings. The van der Waals surface area contributed by atoms with Crippen molar-refractivity contribution in [2.75, 3.05) is 78.3 Å². The minimum atomic E-state index is -0.531. The molecule has 0 unspecified atom stereocenters. The van der Waals surface area contributed by atoms with Gasteiger partial charge >= 0.3 is 0 Å². The maximum absolute atomic E-state index is 9.92. The average Bonchev–Trinajstić information content (AvgIpc) is 2.99. The standard InChI is InChI=1S/C33H50N2O7/c1-24(19-38-4)20-39-22-26-6-9-28(10-7-26)33-31(41-21-25(2)36)17-34-18-32(33)42-23-27-8-11-30-29(16-27)35(13-15-40-30)12-5-14-37-3/h6-11,16,24-25,31-34,36H,5,12-15,17-23H2,1-4H3/t24-,25+,31+,32-,33-/m0/s1. The highest BCUT2D eigenvalue weighted by atomic mass is 16.5. The van der Waals surface area contributed by atoms with Gasteiger partial charge in [0, 0.05) is 52.3 Å². The van der Waals surface area contributed by atoms with Gasteiger partial charge in [-0.2, -0.15) is 0 Å². The SMILES string of the molecule is COCCCN1CCOc2ccc(CO[C@H]3CNC[C@@H](OC[C@@H](C)O)[C@@H]3c3ccc(COC[C@@H](C)COC)cc3)cc21. The van der Waals surface area contributed by atoms with Crippen LogP contribution in [0.15, 0.2) is 42.5 Å². The van der Waals surface area contributed by atoms with Gasteiger partial charge < -0.3 is 43.7 Å². The van der Waals surface area contributed by atoms with Crippen molar-refractivity contribution >= 4 is 5.69 Å². The van der Waals surface area contributed by atoms with Crippen LogP contribution in [0.2, 0.25) is 0 Å². The fourth-order valence-electron chi connectivity index (χ4n) is 5.67. The summed E-state index contributed by atoms with van der Waals surface area (Å²) in [7, 11) is 3.46. The Kier molecular flexibility index (Phi) is 13.3. The van der Waals surface area contributed by atoms with E-state index < -0.39 is 6.10 Å². The Bertz CT molecular complexity index is 1050. The number of fused-ring (bicyclic) bond motifs is 1. The summed E-state index contributed by atoms with van der Waals surface area (Å²) in [6.45, 7) is 11.2. The molecule has 9 nitrogen and oxygen atoms in total. The molecule has 2 N–H and O–H groups in total. The molecular formula is C33H50N2O7. The summed E-state index contributed by atoms with van der Waals surface area (Å²) >= 11 is 0. The van der Waals surface area contributed by atoms with Gasteiger partial charge in [-0.25, -0.2) is 0 Å². The lowest BCUT2D eigenvalue weighted by Crippen LogP contribution is -2.51. The number of anilines is 1. The molecule has 2 aromatic carbocycles. The monoisotopic (exact) mass is 586 g/mol. The fraction of sp³-hybridized carbons (Fsp3) is 0.636. The third-order valence-corrected chi connectivity index (χ3v) is 7.75. The zero-order valence-electron chi connectivity index (χ0n) is 25.8. The van der Waals surface area contributed by atoms with E-state index in [4.69, 9.17) is 28.4 Å². The number of hydrogen-bond donors (Lipinski definition) is 2. The van der Waals surface area contributed by atoms with Crippen LogP contribution in [0.5, 0.6) is 5.75 Å². The molecule has 0 spiro atoms. The number of aliphatic hydroxyl groups excluding tert-OH is 1. The molecule has 0 aromatic heterocycles. The second kappa shape index (κ2) is 17.2. The summed E-state index contributed by atoms with van der Waals surface area (Å²) < 4.78 is 35.1. The molecule has 0 radical (unpaired) electrons. The highest BCUT2D eigenvalue weighted by molar-refractivity contribution is 5.61. The van der Waals surface area contributed by atoms with E-state index in [0.717, 1.165) is 60.8 Å². The third kappa shape index (κ3) is 9.64. The van der Waals surface area contributed by atoms with Crippen LogP contribution in [0.4, 0.5) is 5.69 Å². The van der Waals surface area contributed by atoms with Crippen LogP contribution in [0.3, 0.4) is 0 Å². The molecule has 0 amide bonds. The van der Waals surface area contributed by atoms with Crippen LogP contribution in [-0.4, -0.2) is 96.9 Å². The molecule has 0 saturated carbocycles. The van der Waals surface area contributed by atoms with Gasteiger partial charge in [-0.3, -0.25) is 0 Å². The largest absolute Gasteiger partial charge is 0.490 e. The fourth-order valence-corrected chi connectivity index (χ4v) is 5.67. The lowest BCUT2D eigenvalue weighted by molar-refractivity contribution is -0.0752. The van der Waals surface area contributed by atoms with Crippen molar-refractivity contribution in [2.24, 2.45) is 5.92 Å². The lowest BCUT2D eigenvalue weighted by Gasteiger charge is -2.39. The van der Waals surface area contributed by atoms with Gasteiger partial charge in [0.1, 0.15) is 12.4 Å². The van der Waals surface area contributed by atoms with Crippen molar-refractivity contribution in [1.82, 2.24) is 5.32 Å². The van der Waals surface area contributed by atoms with Crippen LogP contribution >= 0.6 is 0 Å². The van der Waals surface area contributed by atoms with Gasteiger partial charge in [-0.1, -0.05) is 37.3 Å². The Labute approximate surface area is 251 Å². The Hall–Kier alpha value is -2.24. The van der Waals surface area contributed by atoms with E-state index in [1.54, 1.807) is 21.1 Å². The first-order chi connectivity index (χ1) is 20.5. The summed E-state index contributed by atoms with van der Waals surface area (Å²) in [6.07, 6.45) is 0.220. The molecule has 2 aromatic rings. The summed E-state index contributed by atoms with van der Waals surface area (Å²) in [6, 6.07) is 14.9. The van der Waals surface area contributed by atoms with Crippen LogP contribution < -0.4 is 15.0 Å². The number of benzene rings is 2. The Balaban J connectivity index is 1.44. The van der Waals surface area contributed by atoms with Crippen LogP contribution in [0.25, 0.3) is 0 Å². The first kappa shape index (κ1) is 32.7. The molecule has 0 aliphatic carbocycles. The number of nitrogens with one attached hydrogen (secondary N) is 1. The molecule has 2 heterocycles. The van der Waals surface area contributed by atoms with Gasteiger partial charge in [0.2, 0.25) is 0 Å². The number of nitrogens with zero attached hydrogens (tertiary/aromatic N) is 1. The van der Waals surface area contributed by atoms with Gasteiger partial charge in [0.15, 0.2) is 0 Å². The molecule has 1 fully saturated rings. The average molecular weight is 587 g/mol. The lowest BCUT2D eigenvalue weighted by atomic mass is 9.85. The van der Waals surface area contributed by atoms with Crippen molar-refractivity contribution in [2.45, 2.75) is 57.7 Å². The van der Waals surface area contributed by atoms with Crippen LogP contribution in [0, 0.1) is 5.92 Å². The number of aliphatic hydroxyl groups is 1. The predicted molar refractivity (Wildman–Crippen MR) is 163 cm³/mol. The van der Waals surface area contributed by atoms with E-state index in [0.29, 0.717) is 45.5 Å². The van der Waals surface area contributed by atoms with Gasteiger partial charge in [0.25, 0.3) is 0 Å². The smallest absolute Gasteiger partial charge is 0.142 e. The first-order valence-electron chi connectivity index (χ1n) is 15.3. The van der Waals surface area contributed by atoms with Gasteiger partial charge in [0.05, 0.1) is 63.6 Å². The third-order valence-electron chi connectivity index (χ3n) is 7.75. The molecule has 234 valence electrons. The number of ether oxygens (including phenoxy) is 6. The first-order valence-corrected chi connectivity index (χ1v) is 15.3. The number of hydrogen-bond acceptors (Lipinski definition) is 9. The summed E-state index contributed by atoms with van der Waals surface area (Å²) in [5, 5.41) is 13.4. The van der Waals surface area contributed by atoms with Crippen LogP contribution in [0.1, 0.15) is 42.9 Å². The normalized spacial score (nSPS) is 21.9. The second-order valence-corrected chi connectivity index (χ2v) is 11.6. The minimum absolute atomic E-state index is 0.0215. The Morgan fingerprint density at radius 1 is 0.929 bits per heavy atom. The quantitative estimate of drug-likeness (QED) is 0.269. The maximum Gasteiger partial charge on any atom is 0.142 e. The zero-order valence-corrected chi connectivity index (χ0v) is 25.8. The zero-order chi connectivity index (χ0) is 29.7. The topological polar surface area (TPSA) is 90.9 Å². The van der Waals surface area contributed by atoms with E-state index in [1.165, 1.54) is 0 Å². The molecule has 42 heavy (non-hydrogen) atoms. The van der Waals surface area contributed by atoms with Crippen LogP contribution in [-0.2, 0) is 36.9 Å².